The molecule has 11 heteroatoms. The van der Waals surface area contributed by atoms with Gasteiger partial charge in [-0.3, -0.25) is 9.59 Å². The SMILES string of the molecule is C#CCCC(=O)O[C@]1(CC)C(=O)OCc2c1cc1n(c2=O)Cc2c-1nc1ccc(OC(=O)N3CCC(N4CCCCC4)CC3)cc1c2CC. The summed E-state index contributed by atoms with van der Waals surface area (Å²) in [7, 11) is 0. The molecule has 0 spiro atoms. The van der Waals surface area contributed by atoms with Crippen molar-refractivity contribution in [2.45, 2.75) is 96.4 Å². The minimum absolute atomic E-state index is 0.0600. The van der Waals surface area contributed by atoms with E-state index in [4.69, 9.17) is 25.6 Å². The minimum Gasteiger partial charge on any atom is -0.457 e. The van der Waals surface area contributed by atoms with Crippen LogP contribution in [0.2, 0.25) is 0 Å². The summed E-state index contributed by atoms with van der Waals surface area (Å²) in [4.78, 5) is 62.6. The quantitative estimate of drug-likeness (QED) is 0.197. The highest BCUT2D eigenvalue weighted by atomic mass is 16.6. The average molecular weight is 667 g/mol. The number of rotatable bonds is 7. The smallest absolute Gasteiger partial charge is 0.415 e. The average Bonchev–Trinajstić information content (AvgIpc) is 3.49. The number of nitrogens with zero attached hydrogens (tertiary/aromatic N) is 4. The number of benzene rings is 1. The van der Waals surface area contributed by atoms with Gasteiger partial charge in [0.25, 0.3) is 5.56 Å². The van der Waals surface area contributed by atoms with Crippen LogP contribution in [0.1, 0.15) is 87.5 Å². The van der Waals surface area contributed by atoms with Crippen LogP contribution in [0, 0.1) is 12.3 Å². The molecule has 6 heterocycles. The Kier molecular flexibility index (Phi) is 8.92. The van der Waals surface area contributed by atoms with E-state index in [1.54, 1.807) is 28.5 Å². The lowest BCUT2D eigenvalue weighted by molar-refractivity contribution is -0.189. The Morgan fingerprint density at radius 3 is 2.55 bits per heavy atom. The number of terminal acetylenes is 1. The molecular weight excluding hydrogens is 624 g/mol. The molecule has 3 aromatic rings. The Balaban J connectivity index is 1.18. The van der Waals surface area contributed by atoms with E-state index >= 15 is 0 Å². The van der Waals surface area contributed by atoms with E-state index in [9.17, 15) is 19.2 Å². The number of pyridine rings is 2. The molecule has 4 aliphatic rings. The normalized spacial score (nSPS) is 20.6. The minimum atomic E-state index is -1.76. The first-order valence-electron chi connectivity index (χ1n) is 17.5. The van der Waals surface area contributed by atoms with Gasteiger partial charge in [-0.05, 0) is 81.4 Å². The molecule has 0 saturated carbocycles. The molecule has 1 amide bonds. The van der Waals surface area contributed by atoms with Crippen LogP contribution < -0.4 is 10.3 Å². The van der Waals surface area contributed by atoms with Crippen LogP contribution in [0.3, 0.4) is 0 Å². The summed E-state index contributed by atoms with van der Waals surface area (Å²) in [5, 5.41) is 0.852. The Morgan fingerprint density at radius 2 is 1.84 bits per heavy atom. The molecule has 49 heavy (non-hydrogen) atoms. The van der Waals surface area contributed by atoms with Gasteiger partial charge in [0.2, 0.25) is 5.60 Å². The molecule has 0 aliphatic carbocycles. The summed E-state index contributed by atoms with van der Waals surface area (Å²) in [5.74, 6) is 1.51. The molecule has 2 saturated heterocycles. The standard InChI is InChI=1S/C38H42N4O7/c1-4-7-11-33(43)49-38(6-3)30-21-32-34-28(22-42(32)35(44)29(30)23-47-36(38)45)26(5-2)27-20-25(12-13-31(27)39-34)48-37(46)41-18-14-24(15-19-41)40-16-9-8-10-17-40/h1,12-13,20-21,24H,5-11,14-19,22-23H2,2-3H3/t38-/m0/s1. The predicted molar refractivity (Wildman–Crippen MR) is 182 cm³/mol. The lowest BCUT2D eigenvalue weighted by atomic mass is 9.85. The van der Waals surface area contributed by atoms with Crippen molar-refractivity contribution in [2.75, 3.05) is 26.2 Å². The summed E-state index contributed by atoms with van der Waals surface area (Å²) in [6, 6.07) is 7.74. The van der Waals surface area contributed by atoms with Crippen molar-refractivity contribution in [1.82, 2.24) is 19.4 Å². The van der Waals surface area contributed by atoms with Gasteiger partial charge < -0.3 is 28.6 Å². The molecule has 0 radical (unpaired) electrons. The first-order chi connectivity index (χ1) is 23.8. The monoisotopic (exact) mass is 666 g/mol. The highest BCUT2D eigenvalue weighted by Gasteiger charge is 2.50. The second-order valence-corrected chi connectivity index (χ2v) is 13.4. The van der Waals surface area contributed by atoms with Crippen LogP contribution >= 0.6 is 0 Å². The number of amides is 1. The summed E-state index contributed by atoms with van der Waals surface area (Å²) in [6.45, 7) is 7.50. The van der Waals surface area contributed by atoms with E-state index in [-0.39, 0.29) is 49.6 Å². The van der Waals surface area contributed by atoms with Gasteiger partial charge in [0.1, 0.15) is 12.4 Å². The van der Waals surface area contributed by atoms with E-state index in [0.717, 1.165) is 42.4 Å². The number of esters is 2. The Morgan fingerprint density at radius 1 is 1.06 bits per heavy atom. The fraction of sp³-hybridized carbons (Fsp3) is 0.500. The van der Waals surface area contributed by atoms with E-state index < -0.39 is 17.5 Å². The second kappa shape index (κ2) is 13.3. The molecule has 2 fully saturated rings. The number of aryl methyl sites for hydroxylation is 1. The van der Waals surface area contributed by atoms with E-state index in [1.807, 2.05) is 19.1 Å². The summed E-state index contributed by atoms with van der Waals surface area (Å²) >= 11 is 0. The van der Waals surface area contributed by atoms with Crippen molar-refractivity contribution in [3.63, 3.8) is 0 Å². The van der Waals surface area contributed by atoms with Gasteiger partial charge in [-0.25, -0.2) is 14.6 Å². The lowest BCUT2D eigenvalue weighted by Gasteiger charge is -2.39. The third-order valence-corrected chi connectivity index (χ3v) is 10.7. The van der Waals surface area contributed by atoms with Crippen LogP contribution in [0.15, 0.2) is 29.1 Å². The van der Waals surface area contributed by atoms with Crippen molar-refractivity contribution >= 4 is 28.9 Å². The maximum absolute atomic E-state index is 14.0. The lowest BCUT2D eigenvalue weighted by Crippen LogP contribution is -2.48. The first kappa shape index (κ1) is 32.8. The molecule has 1 aromatic carbocycles. The fourth-order valence-corrected chi connectivity index (χ4v) is 8.05. The second-order valence-electron chi connectivity index (χ2n) is 13.4. The summed E-state index contributed by atoms with van der Waals surface area (Å²) in [5.41, 5.74) is 2.28. The summed E-state index contributed by atoms with van der Waals surface area (Å²) < 4.78 is 18.8. The van der Waals surface area contributed by atoms with Crippen LogP contribution in [0.4, 0.5) is 4.79 Å². The molecule has 0 N–H and O–H groups in total. The third kappa shape index (κ3) is 5.76. The van der Waals surface area contributed by atoms with Crippen molar-refractivity contribution < 1.29 is 28.6 Å². The number of likely N-dealkylation sites (tertiary alicyclic amines) is 2. The Labute approximate surface area is 285 Å². The van der Waals surface area contributed by atoms with E-state index in [1.165, 1.54) is 19.3 Å². The van der Waals surface area contributed by atoms with Crippen molar-refractivity contribution in [3.8, 4) is 29.5 Å². The maximum Gasteiger partial charge on any atom is 0.415 e. The van der Waals surface area contributed by atoms with Gasteiger partial charge in [0, 0.05) is 42.1 Å². The zero-order chi connectivity index (χ0) is 34.3. The molecule has 0 bridgehead atoms. The molecule has 4 aliphatic heterocycles. The first-order valence-corrected chi connectivity index (χ1v) is 17.5. The number of fused-ring (bicyclic) bond motifs is 5. The van der Waals surface area contributed by atoms with Gasteiger partial charge >= 0.3 is 18.0 Å². The van der Waals surface area contributed by atoms with Gasteiger partial charge in [-0.1, -0.05) is 20.3 Å². The molecule has 2 aromatic heterocycles. The molecule has 0 unspecified atom stereocenters. The highest BCUT2D eigenvalue weighted by Crippen LogP contribution is 2.42. The Bertz CT molecular complexity index is 1930. The fourth-order valence-electron chi connectivity index (χ4n) is 8.05. The molecule has 256 valence electrons. The Hall–Kier alpha value is -4.69. The third-order valence-electron chi connectivity index (χ3n) is 10.7. The van der Waals surface area contributed by atoms with Crippen LogP contribution in [0.25, 0.3) is 22.3 Å². The number of ether oxygens (including phenoxy) is 3. The number of carbonyl (C=O) groups is 3. The number of carbonyl (C=O) groups excluding carboxylic acids is 3. The van der Waals surface area contributed by atoms with Crippen LogP contribution in [-0.4, -0.2) is 69.6 Å². The van der Waals surface area contributed by atoms with Gasteiger partial charge in [-0.2, -0.15) is 0 Å². The zero-order valence-corrected chi connectivity index (χ0v) is 28.2. The van der Waals surface area contributed by atoms with Crippen LogP contribution in [-0.2, 0) is 44.2 Å². The van der Waals surface area contributed by atoms with Gasteiger partial charge in [0.15, 0.2) is 0 Å². The number of aromatic nitrogens is 2. The van der Waals surface area contributed by atoms with Crippen LogP contribution in [0.5, 0.6) is 5.75 Å². The number of cyclic esters (lactones) is 1. The van der Waals surface area contributed by atoms with Gasteiger partial charge in [-0.15, -0.1) is 12.3 Å². The molecule has 1 atom stereocenters. The predicted octanol–water partition coefficient (Wildman–Crippen LogP) is 5.06. The van der Waals surface area contributed by atoms with Crippen molar-refractivity contribution in [2.24, 2.45) is 0 Å². The molecule has 7 rings (SSSR count). The van der Waals surface area contributed by atoms with Crippen molar-refractivity contribution in [1.29, 1.82) is 0 Å². The molecular formula is C38H42N4O7. The van der Waals surface area contributed by atoms with Gasteiger partial charge in [0.05, 0.1) is 35.4 Å². The molecule has 11 nitrogen and oxygen atoms in total. The number of piperidine rings is 2. The number of hydrogen-bond acceptors (Lipinski definition) is 9. The topological polar surface area (TPSA) is 120 Å². The summed E-state index contributed by atoms with van der Waals surface area (Å²) in [6.07, 6.45) is 11.6. The highest BCUT2D eigenvalue weighted by molar-refractivity contribution is 5.91. The number of hydrogen-bond donors (Lipinski definition) is 0. The van der Waals surface area contributed by atoms with Crippen molar-refractivity contribution in [3.05, 3.63) is 56.9 Å². The zero-order valence-electron chi connectivity index (χ0n) is 28.2. The maximum atomic E-state index is 14.0. The van der Waals surface area contributed by atoms with E-state index in [2.05, 4.69) is 10.8 Å². The largest absolute Gasteiger partial charge is 0.457 e. The van der Waals surface area contributed by atoms with E-state index in [0.29, 0.717) is 53.8 Å².